The van der Waals surface area contributed by atoms with Crippen molar-refractivity contribution in [3.63, 3.8) is 0 Å². The van der Waals surface area contributed by atoms with E-state index in [1.165, 1.54) is 44.2 Å². The largest absolute Gasteiger partial charge is 0.497 e. The zero-order chi connectivity index (χ0) is 12.8. The van der Waals surface area contributed by atoms with Gasteiger partial charge in [-0.15, -0.1) is 0 Å². The molecule has 0 amide bonds. The van der Waals surface area contributed by atoms with E-state index in [0.717, 1.165) is 18.3 Å². The highest BCUT2D eigenvalue weighted by Gasteiger charge is 2.21. The minimum Gasteiger partial charge on any atom is -0.497 e. The van der Waals surface area contributed by atoms with E-state index in [4.69, 9.17) is 4.74 Å². The molecule has 0 saturated carbocycles. The summed E-state index contributed by atoms with van der Waals surface area (Å²) in [6.45, 7) is 4.64. The molecule has 1 heterocycles. The maximum absolute atomic E-state index is 5.21. The Labute approximate surface area is 111 Å². The zero-order valence-corrected chi connectivity index (χ0v) is 11.7. The van der Waals surface area contributed by atoms with Crippen LogP contribution in [0.2, 0.25) is 0 Å². The predicted octanol–water partition coefficient (Wildman–Crippen LogP) is 3.85. The highest BCUT2D eigenvalue weighted by molar-refractivity contribution is 5.27. The summed E-state index contributed by atoms with van der Waals surface area (Å²) < 4.78 is 5.21. The van der Waals surface area contributed by atoms with E-state index in [9.17, 15) is 0 Å². The summed E-state index contributed by atoms with van der Waals surface area (Å²) >= 11 is 0. The van der Waals surface area contributed by atoms with Crippen molar-refractivity contribution in [2.24, 2.45) is 0 Å². The van der Waals surface area contributed by atoms with Crippen LogP contribution in [0.25, 0.3) is 0 Å². The first-order valence-corrected chi connectivity index (χ1v) is 7.20. The van der Waals surface area contributed by atoms with Crippen molar-refractivity contribution < 1.29 is 4.74 Å². The summed E-state index contributed by atoms with van der Waals surface area (Å²) in [5.74, 6) is 0.947. The first-order valence-electron chi connectivity index (χ1n) is 7.20. The van der Waals surface area contributed by atoms with E-state index in [-0.39, 0.29) is 0 Å². The lowest BCUT2D eigenvalue weighted by atomic mass is 9.97. The van der Waals surface area contributed by atoms with Gasteiger partial charge in [0.05, 0.1) is 7.11 Å². The Balaban J connectivity index is 1.96. The van der Waals surface area contributed by atoms with Gasteiger partial charge in [0.15, 0.2) is 0 Å². The fraction of sp³-hybridized carbons (Fsp3) is 0.625. The molecule has 1 saturated heterocycles. The Bertz CT molecular complexity index is 345. The minimum atomic E-state index is 0.797. The standard InChI is InChI=1S/C16H25NO/c1-3-6-15-7-4-5-12-17(15)13-14-8-10-16(18-2)11-9-14/h8-11,15H,3-7,12-13H2,1-2H3/t15-/m0/s1. The lowest BCUT2D eigenvalue weighted by molar-refractivity contribution is 0.131. The van der Waals surface area contributed by atoms with Gasteiger partial charge in [-0.2, -0.15) is 0 Å². The first kappa shape index (κ1) is 13.4. The van der Waals surface area contributed by atoms with E-state index in [2.05, 4.69) is 36.1 Å². The molecule has 2 heteroatoms. The van der Waals surface area contributed by atoms with Crippen molar-refractivity contribution in [1.82, 2.24) is 4.90 Å². The van der Waals surface area contributed by atoms with Crippen LogP contribution >= 0.6 is 0 Å². The van der Waals surface area contributed by atoms with Crippen LogP contribution in [0.4, 0.5) is 0 Å². The minimum absolute atomic E-state index is 0.797. The molecule has 0 unspecified atom stereocenters. The lowest BCUT2D eigenvalue weighted by Crippen LogP contribution is -2.38. The molecule has 0 aliphatic carbocycles. The summed E-state index contributed by atoms with van der Waals surface area (Å²) in [4.78, 5) is 2.66. The smallest absolute Gasteiger partial charge is 0.118 e. The van der Waals surface area contributed by atoms with Crippen LogP contribution < -0.4 is 4.74 Å². The number of ether oxygens (including phenoxy) is 1. The van der Waals surface area contributed by atoms with Gasteiger partial charge < -0.3 is 4.74 Å². The van der Waals surface area contributed by atoms with Crippen molar-refractivity contribution in [1.29, 1.82) is 0 Å². The normalized spacial score (nSPS) is 20.9. The number of piperidine rings is 1. The van der Waals surface area contributed by atoms with Crippen molar-refractivity contribution in [2.75, 3.05) is 13.7 Å². The van der Waals surface area contributed by atoms with E-state index in [1.807, 2.05) is 0 Å². The predicted molar refractivity (Wildman–Crippen MR) is 76.0 cm³/mol. The van der Waals surface area contributed by atoms with Crippen molar-refractivity contribution >= 4 is 0 Å². The molecule has 2 rings (SSSR count). The van der Waals surface area contributed by atoms with Gasteiger partial charge in [0.25, 0.3) is 0 Å². The number of likely N-dealkylation sites (tertiary alicyclic amines) is 1. The summed E-state index contributed by atoms with van der Waals surface area (Å²) in [6.07, 6.45) is 6.78. The summed E-state index contributed by atoms with van der Waals surface area (Å²) in [6, 6.07) is 9.31. The topological polar surface area (TPSA) is 12.5 Å². The molecule has 100 valence electrons. The Kier molecular flexibility index (Phi) is 5.06. The summed E-state index contributed by atoms with van der Waals surface area (Å²) in [7, 11) is 1.72. The van der Waals surface area contributed by atoms with Gasteiger partial charge in [0.1, 0.15) is 5.75 Å². The van der Waals surface area contributed by atoms with Crippen LogP contribution in [-0.2, 0) is 6.54 Å². The monoisotopic (exact) mass is 247 g/mol. The molecular formula is C16H25NO. The van der Waals surface area contributed by atoms with Gasteiger partial charge in [-0.25, -0.2) is 0 Å². The van der Waals surface area contributed by atoms with Crippen molar-refractivity contribution in [3.8, 4) is 5.75 Å². The molecule has 1 aromatic carbocycles. The second-order valence-corrected chi connectivity index (χ2v) is 5.26. The Morgan fingerprint density at radius 3 is 2.67 bits per heavy atom. The summed E-state index contributed by atoms with van der Waals surface area (Å²) in [5, 5.41) is 0. The molecule has 1 aromatic rings. The van der Waals surface area contributed by atoms with Crippen molar-refractivity contribution in [2.45, 2.75) is 51.6 Å². The molecule has 1 fully saturated rings. The zero-order valence-electron chi connectivity index (χ0n) is 11.7. The number of nitrogens with zero attached hydrogens (tertiary/aromatic N) is 1. The van der Waals surface area contributed by atoms with Crippen LogP contribution in [0.5, 0.6) is 5.75 Å². The average Bonchev–Trinajstić information content (AvgIpc) is 2.42. The van der Waals surface area contributed by atoms with E-state index in [0.29, 0.717) is 0 Å². The SMILES string of the molecule is CCC[C@H]1CCCCN1Cc1ccc(OC)cc1. The van der Waals surface area contributed by atoms with E-state index < -0.39 is 0 Å². The first-order chi connectivity index (χ1) is 8.83. The van der Waals surface area contributed by atoms with Crippen LogP contribution in [0, 0.1) is 0 Å². The van der Waals surface area contributed by atoms with Gasteiger partial charge in [-0.3, -0.25) is 4.90 Å². The van der Waals surface area contributed by atoms with Crippen LogP contribution in [0.3, 0.4) is 0 Å². The summed E-state index contributed by atoms with van der Waals surface area (Å²) in [5.41, 5.74) is 1.40. The Morgan fingerprint density at radius 2 is 2.00 bits per heavy atom. The molecule has 1 aliphatic rings. The third-order valence-corrected chi connectivity index (χ3v) is 3.92. The molecule has 0 bridgehead atoms. The lowest BCUT2D eigenvalue weighted by Gasteiger charge is -2.35. The molecule has 2 nitrogen and oxygen atoms in total. The molecule has 0 radical (unpaired) electrons. The molecule has 0 N–H and O–H groups in total. The van der Waals surface area contributed by atoms with Gasteiger partial charge >= 0.3 is 0 Å². The van der Waals surface area contributed by atoms with Crippen LogP contribution in [0.1, 0.15) is 44.6 Å². The van der Waals surface area contributed by atoms with Crippen LogP contribution in [-0.4, -0.2) is 24.6 Å². The van der Waals surface area contributed by atoms with Gasteiger partial charge in [0, 0.05) is 12.6 Å². The number of rotatable bonds is 5. The van der Waals surface area contributed by atoms with Gasteiger partial charge in [0.2, 0.25) is 0 Å². The molecular weight excluding hydrogens is 222 g/mol. The molecule has 0 spiro atoms. The second kappa shape index (κ2) is 6.79. The van der Waals surface area contributed by atoms with E-state index in [1.54, 1.807) is 7.11 Å². The third-order valence-electron chi connectivity index (χ3n) is 3.92. The second-order valence-electron chi connectivity index (χ2n) is 5.26. The van der Waals surface area contributed by atoms with Crippen LogP contribution in [0.15, 0.2) is 24.3 Å². The molecule has 18 heavy (non-hydrogen) atoms. The molecule has 0 aromatic heterocycles. The fourth-order valence-corrected chi connectivity index (χ4v) is 2.89. The highest BCUT2D eigenvalue weighted by atomic mass is 16.5. The number of benzene rings is 1. The Hall–Kier alpha value is -1.02. The number of hydrogen-bond donors (Lipinski definition) is 0. The highest BCUT2D eigenvalue weighted by Crippen LogP contribution is 2.23. The Morgan fingerprint density at radius 1 is 1.22 bits per heavy atom. The van der Waals surface area contributed by atoms with Gasteiger partial charge in [-0.05, 0) is 43.5 Å². The maximum atomic E-state index is 5.21. The maximum Gasteiger partial charge on any atom is 0.118 e. The molecule has 1 aliphatic heterocycles. The van der Waals surface area contributed by atoms with Crippen molar-refractivity contribution in [3.05, 3.63) is 29.8 Å². The van der Waals surface area contributed by atoms with E-state index >= 15 is 0 Å². The fourth-order valence-electron chi connectivity index (χ4n) is 2.89. The number of hydrogen-bond acceptors (Lipinski definition) is 2. The van der Waals surface area contributed by atoms with Gasteiger partial charge in [-0.1, -0.05) is 31.9 Å². The quantitative estimate of drug-likeness (QED) is 0.783. The number of methoxy groups -OCH3 is 1. The molecule has 1 atom stereocenters. The average molecular weight is 247 g/mol. The third kappa shape index (κ3) is 3.49.